The minimum absolute atomic E-state index is 0.117. The number of nitrogens with zero attached hydrogens (tertiary/aromatic N) is 1. The first kappa shape index (κ1) is 17.8. The van der Waals surface area contributed by atoms with Gasteiger partial charge >= 0.3 is 0 Å². The summed E-state index contributed by atoms with van der Waals surface area (Å²) in [5, 5.41) is 0. The third-order valence-electron chi connectivity index (χ3n) is 4.33. The summed E-state index contributed by atoms with van der Waals surface area (Å²) in [4.78, 5) is 14.3. The minimum Gasteiger partial charge on any atom is -0.385 e. The Kier molecular flexibility index (Phi) is 5.29. The van der Waals surface area contributed by atoms with Crippen LogP contribution in [0.5, 0.6) is 0 Å². The highest BCUT2D eigenvalue weighted by atomic mass is 79.9. The second-order valence-corrected chi connectivity index (χ2v) is 8.76. The molecule has 1 aromatic carbocycles. The molecule has 0 radical (unpaired) electrons. The number of hydrogen-bond acceptors (Lipinski definition) is 4. The first-order chi connectivity index (χ1) is 11.4. The maximum atomic E-state index is 12.6. The van der Waals surface area contributed by atoms with Crippen molar-refractivity contribution < 1.29 is 17.9 Å². The average molecular weight is 417 g/mol. The molecule has 1 N–H and O–H groups in total. The number of fused-ring (bicyclic) bond motifs is 1. The van der Waals surface area contributed by atoms with Gasteiger partial charge in [0.05, 0.1) is 4.90 Å². The lowest BCUT2D eigenvalue weighted by molar-refractivity contribution is -0.119. The zero-order chi connectivity index (χ0) is 17.3. The molecule has 0 bridgehead atoms. The molecule has 3 rings (SSSR count). The van der Waals surface area contributed by atoms with Gasteiger partial charge in [-0.25, -0.2) is 13.1 Å². The van der Waals surface area contributed by atoms with Crippen LogP contribution >= 0.6 is 15.9 Å². The predicted octanol–water partition coefficient (Wildman–Crippen LogP) is 2.06. The molecule has 0 aromatic heterocycles. The van der Waals surface area contributed by atoms with Gasteiger partial charge in [0.15, 0.2) is 0 Å². The maximum Gasteiger partial charge on any atom is 0.241 e. The molecule has 6 nitrogen and oxygen atoms in total. The Labute approximate surface area is 150 Å². The predicted molar refractivity (Wildman–Crippen MR) is 94.6 cm³/mol. The molecular weight excluding hydrogens is 396 g/mol. The molecule has 0 atom stereocenters. The number of benzene rings is 1. The van der Waals surface area contributed by atoms with Gasteiger partial charge in [-0.15, -0.1) is 0 Å². The first-order valence-corrected chi connectivity index (χ1v) is 10.3. The standard InChI is InChI=1S/C16H21BrN2O4S/c1-23-8-2-6-18-24(21,22)15-10-14-12(9-13(15)17)5-7-19(14)16(20)11-3-4-11/h9-11,18H,2-8H2,1H3. The highest BCUT2D eigenvalue weighted by Crippen LogP contribution is 2.39. The van der Waals surface area contributed by atoms with Gasteiger partial charge < -0.3 is 9.64 Å². The molecule has 0 saturated heterocycles. The van der Waals surface area contributed by atoms with Crippen LogP contribution < -0.4 is 9.62 Å². The van der Waals surface area contributed by atoms with Crippen molar-refractivity contribution in [2.75, 3.05) is 31.7 Å². The van der Waals surface area contributed by atoms with E-state index in [9.17, 15) is 13.2 Å². The summed E-state index contributed by atoms with van der Waals surface area (Å²) in [5.41, 5.74) is 1.74. The van der Waals surface area contributed by atoms with Gasteiger partial charge in [-0.05, 0) is 59.3 Å². The number of carbonyl (C=O) groups excluding carboxylic acids is 1. The van der Waals surface area contributed by atoms with Crippen LogP contribution in [0.2, 0.25) is 0 Å². The van der Waals surface area contributed by atoms with Crippen molar-refractivity contribution in [1.29, 1.82) is 0 Å². The maximum absolute atomic E-state index is 12.6. The number of halogens is 1. The van der Waals surface area contributed by atoms with E-state index >= 15 is 0 Å². The van der Waals surface area contributed by atoms with E-state index in [1.165, 1.54) is 0 Å². The Morgan fingerprint density at radius 1 is 1.42 bits per heavy atom. The zero-order valence-corrected chi connectivity index (χ0v) is 16.0. The molecule has 1 fully saturated rings. The van der Waals surface area contributed by atoms with Crippen molar-refractivity contribution >= 4 is 37.5 Å². The van der Waals surface area contributed by atoms with Crippen LogP contribution in [0.25, 0.3) is 0 Å². The second kappa shape index (κ2) is 7.11. The normalized spacial score (nSPS) is 17.2. The zero-order valence-electron chi connectivity index (χ0n) is 13.5. The highest BCUT2D eigenvalue weighted by Gasteiger charge is 2.37. The molecule has 1 aromatic rings. The van der Waals surface area contributed by atoms with Gasteiger partial charge in [0.25, 0.3) is 0 Å². The van der Waals surface area contributed by atoms with Gasteiger partial charge in [-0.2, -0.15) is 0 Å². The third kappa shape index (κ3) is 3.66. The summed E-state index contributed by atoms with van der Waals surface area (Å²) >= 11 is 3.36. The molecular formula is C16H21BrN2O4S. The van der Waals surface area contributed by atoms with Crippen molar-refractivity contribution in [1.82, 2.24) is 4.72 Å². The number of ether oxygens (including phenoxy) is 1. The third-order valence-corrected chi connectivity index (χ3v) is 6.75. The van der Waals surface area contributed by atoms with Crippen molar-refractivity contribution in [3.63, 3.8) is 0 Å². The van der Waals surface area contributed by atoms with Crippen molar-refractivity contribution in [3.05, 3.63) is 22.2 Å². The topological polar surface area (TPSA) is 75.7 Å². The number of nitrogens with one attached hydrogen (secondary N) is 1. The summed E-state index contributed by atoms with van der Waals surface area (Å²) in [5.74, 6) is 0.235. The molecule has 0 spiro atoms. The molecule has 1 aliphatic heterocycles. The van der Waals surface area contributed by atoms with E-state index < -0.39 is 10.0 Å². The van der Waals surface area contributed by atoms with Crippen molar-refractivity contribution in [2.45, 2.75) is 30.6 Å². The summed E-state index contributed by atoms with van der Waals surface area (Å²) in [7, 11) is -2.06. The van der Waals surface area contributed by atoms with Crippen LogP contribution in [-0.4, -0.2) is 41.1 Å². The fourth-order valence-corrected chi connectivity index (χ4v) is 5.06. The molecule has 8 heteroatoms. The van der Waals surface area contributed by atoms with E-state index in [2.05, 4.69) is 20.7 Å². The van der Waals surface area contributed by atoms with E-state index in [0.29, 0.717) is 30.6 Å². The Morgan fingerprint density at radius 2 is 2.17 bits per heavy atom. The van der Waals surface area contributed by atoms with Gasteiger partial charge in [0, 0.05) is 42.9 Å². The smallest absolute Gasteiger partial charge is 0.241 e. The van der Waals surface area contributed by atoms with Crippen LogP contribution in [0.3, 0.4) is 0 Å². The number of rotatable bonds is 7. The Hall–Kier alpha value is -0.960. The van der Waals surface area contributed by atoms with Crippen LogP contribution in [0.15, 0.2) is 21.5 Å². The molecule has 132 valence electrons. The van der Waals surface area contributed by atoms with Crippen molar-refractivity contribution in [2.24, 2.45) is 5.92 Å². The number of sulfonamides is 1. The second-order valence-electron chi connectivity index (χ2n) is 6.17. The molecule has 2 aliphatic rings. The monoisotopic (exact) mass is 416 g/mol. The lowest BCUT2D eigenvalue weighted by Crippen LogP contribution is -2.30. The van der Waals surface area contributed by atoms with Gasteiger partial charge in [0.1, 0.15) is 0 Å². The quantitative estimate of drug-likeness (QED) is 0.690. The van der Waals surface area contributed by atoms with Gasteiger partial charge in [-0.1, -0.05) is 0 Å². The molecule has 0 unspecified atom stereocenters. The highest BCUT2D eigenvalue weighted by molar-refractivity contribution is 9.10. The summed E-state index contributed by atoms with van der Waals surface area (Å²) in [6.07, 6.45) is 3.24. The molecule has 24 heavy (non-hydrogen) atoms. The minimum atomic E-state index is -3.64. The molecule has 1 saturated carbocycles. The average Bonchev–Trinajstić information content (AvgIpc) is 3.31. The number of amides is 1. The SMILES string of the molecule is COCCCNS(=O)(=O)c1cc2c(cc1Br)CCN2C(=O)C1CC1. The van der Waals surface area contributed by atoms with Crippen LogP contribution in [0.1, 0.15) is 24.8 Å². The first-order valence-electron chi connectivity index (χ1n) is 8.06. The van der Waals surface area contributed by atoms with Gasteiger partial charge in [-0.3, -0.25) is 4.79 Å². The van der Waals surface area contributed by atoms with Crippen LogP contribution in [0.4, 0.5) is 5.69 Å². The fourth-order valence-electron chi connectivity index (χ4n) is 2.87. The van der Waals surface area contributed by atoms with Crippen LogP contribution in [-0.2, 0) is 26.0 Å². The number of carbonyl (C=O) groups is 1. The number of methoxy groups -OCH3 is 1. The van der Waals surface area contributed by atoms with Gasteiger partial charge in [0.2, 0.25) is 15.9 Å². The molecule has 1 aliphatic carbocycles. The summed E-state index contributed by atoms with van der Waals surface area (Å²) in [6.45, 7) is 1.43. The Bertz CT molecular complexity index is 747. The Morgan fingerprint density at radius 3 is 2.83 bits per heavy atom. The van der Waals surface area contributed by atoms with E-state index in [4.69, 9.17) is 4.74 Å². The lowest BCUT2D eigenvalue weighted by Gasteiger charge is -2.18. The number of hydrogen-bond donors (Lipinski definition) is 1. The summed E-state index contributed by atoms with van der Waals surface area (Å²) in [6, 6.07) is 3.44. The van der Waals surface area contributed by atoms with E-state index in [1.807, 2.05) is 6.07 Å². The van der Waals surface area contributed by atoms with E-state index in [-0.39, 0.29) is 16.7 Å². The van der Waals surface area contributed by atoms with E-state index in [0.717, 1.165) is 30.5 Å². The number of anilines is 1. The Balaban J connectivity index is 1.84. The van der Waals surface area contributed by atoms with Crippen molar-refractivity contribution in [3.8, 4) is 0 Å². The van der Waals surface area contributed by atoms with Crippen LogP contribution in [0, 0.1) is 5.92 Å². The lowest BCUT2D eigenvalue weighted by atomic mass is 10.2. The van der Waals surface area contributed by atoms with E-state index in [1.54, 1.807) is 18.1 Å². The summed E-state index contributed by atoms with van der Waals surface area (Å²) < 4.78 is 33.1. The largest absolute Gasteiger partial charge is 0.385 e. The molecule has 1 heterocycles. The molecule has 1 amide bonds. The fraction of sp³-hybridized carbons (Fsp3) is 0.562.